The monoisotopic (exact) mass is 742 g/mol. The highest BCUT2D eigenvalue weighted by molar-refractivity contribution is 5.95. The minimum atomic E-state index is -0.620. The van der Waals surface area contributed by atoms with Gasteiger partial charge in [0.1, 0.15) is 25.4 Å². The minimum Gasteiger partial charge on any atom is -1.00 e. The van der Waals surface area contributed by atoms with Crippen molar-refractivity contribution in [1.82, 2.24) is 4.90 Å². The SMILES string of the molecule is CCCCCCCCCCCCCCCC(=O)OC[C@@H]1CC[C@H](N2C=C(C)C(=O)[NH+](COC(=O)c3ccc[n+](C)c3)C2=O)O1.[I-]. The van der Waals surface area contributed by atoms with E-state index in [0.717, 1.165) is 19.3 Å². The van der Waals surface area contributed by atoms with Crippen LogP contribution in [0.1, 0.15) is 127 Å². The highest BCUT2D eigenvalue weighted by atomic mass is 127. The van der Waals surface area contributed by atoms with Gasteiger partial charge in [0.2, 0.25) is 6.73 Å². The third-order valence-corrected chi connectivity index (χ3v) is 8.29. The van der Waals surface area contributed by atoms with Gasteiger partial charge < -0.3 is 38.2 Å². The quantitative estimate of drug-likeness (QED) is 0.0943. The molecular weight excluding hydrogens is 689 g/mol. The zero-order valence-corrected chi connectivity index (χ0v) is 29.6. The van der Waals surface area contributed by atoms with Gasteiger partial charge in [-0.3, -0.25) is 4.79 Å². The molecule has 3 amide bonds. The van der Waals surface area contributed by atoms with Crippen LogP contribution in [0.25, 0.3) is 0 Å². The molecule has 0 aliphatic carbocycles. The maximum atomic E-state index is 13.2. The van der Waals surface area contributed by atoms with Gasteiger partial charge in [0.25, 0.3) is 0 Å². The van der Waals surface area contributed by atoms with E-state index in [0.29, 0.717) is 30.4 Å². The lowest BCUT2D eigenvalue weighted by atomic mass is 10.0. The molecule has 0 aromatic carbocycles. The molecule has 2 aliphatic heterocycles. The molecule has 0 radical (unpaired) electrons. The summed E-state index contributed by atoms with van der Waals surface area (Å²) in [5.74, 6) is -1.29. The van der Waals surface area contributed by atoms with Crippen LogP contribution in [-0.4, -0.2) is 54.4 Å². The Kier molecular flexibility index (Phi) is 18.5. The number of aryl methyl sites for hydroxylation is 1. The lowest BCUT2D eigenvalue weighted by Gasteiger charge is -2.30. The van der Waals surface area contributed by atoms with Crippen LogP contribution in [0.4, 0.5) is 4.79 Å². The molecule has 1 aromatic rings. The summed E-state index contributed by atoms with van der Waals surface area (Å²) in [6.45, 7) is 3.58. The van der Waals surface area contributed by atoms with Gasteiger partial charge in [-0.1, -0.05) is 84.0 Å². The minimum absolute atomic E-state index is 0. The number of quaternary nitrogens is 1. The second-order valence-corrected chi connectivity index (χ2v) is 12.1. The van der Waals surface area contributed by atoms with Crippen molar-refractivity contribution in [3.05, 3.63) is 41.9 Å². The van der Waals surface area contributed by atoms with E-state index in [1.165, 1.54) is 75.3 Å². The van der Waals surface area contributed by atoms with Gasteiger partial charge in [0.15, 0.2) is 12.4 Å². The number of hydrogen-bond donors (Lipinski definition) is 1. The van der Waals surface area contributed by atoms with Crippen LogP contribution in [-0.2, 0) is 30.8 Å². The van der Waals surface area contributed by atoms with E-state index in [-0.39, 0.29) is 47.6 Å². The van der Waals surface area contributed by atoms with E-state index in [9.17, 15) is 19.2 Å². The first-order valence-corrected chi connectivity index (χ1v) is 16.6. The number of amides is 3. The lowest BCUT2D eigenvalue weighted by molar-refractivity contribution is -0.759. The number of rotatable bonds is 20. The topological polar surface area (TPSA) is 108 Å². The van der Waals surface area contributed by atoms with Crippen molar-refractivity contribution < 1.29 is 66.8 Å². The summed E-state index contributed by atoms with van der Waals surface area (Å²) in [7, 11) is 1.78. The first-order valence-electron chi connectivity index (χ1n) is 16.6. The van der Waals surface area contributed by atoms with Crippen molar-refractivity contribution in [3.63, 3.8) is 0 Å². The van der Waals surface area contributed by atoms with E-state index >= 15 is 0 Å². The molecule has 1 saturated heterocycles. The number of carbonyl (C=O) groups is 4. The summed E-state index contributed by atoms with van der Waals surface area (Å²) in [5.41, 5.74) is 0.680. The Morgan fingerprint density at radius 1 is 0.956 bits per heavy atom. The number of hydrogen-bond acceptors (Lipinski definition) is 7. The number of ether oxygens (including phenoxy) is 3. The number of urea groups is 1. The summed E-state index contributed by atoms with van der Waals surface area (Å²) < 4.78 is 18.5. The number of carbonyl (C=O) groups excluding carboxylic acids is 4. The zero-order chi connectivity index (χ0) is 31.7. The maximum Gasteiger partial charge on any atom is 0.434 e. The summed E-state index contributed by atoms with van der Waals surface area (Å²) in [6.07, 6.45) is 21.8. The average Bonchev–Trinajstić information content (AvgIpc) is 3.49. The van der Waals surface area contributed by atoms with Crippen molar-refractivity contribution >= 4 is 23.9 Å². The first-order chi connectivity index (χ1) is 21.3. The molecule has 3 heterocycles. The number of esters is 2. The van der Waals surface area contributed by atoms with Crippen LogP contribution in [0.5, 0.6) is 0 Å². The molecule has 11 heteroatoms. The smallest absolute Gasteiger partial charge is 0.434 e. The summed E-state index contributed by atoms with van der Waals surface area (Å²) in [4.78, 5) is 51.9. The maximum absolute atomic E-state index is 13.2. The molecule has 252 valence electrons. The molecule has 10 nitrogen and oxygen atoms in total. The van der Waals surface area contributed by atoms with E-state index in [1.54, 1.807) is 43.1 Å². The molecular formula is C34H53IN3O7+. The Hall–Kier alpha value is -2.38. The predicted molar refractivity (Wildman–Crippen MR) is 164 cm³/mol. The van der Waals surface area contributed by atoms with Crippen LogP contribution >= 0.6 is 0 Å². The first kappa shape index (κ1) is 38.8. The Morgan fingerprint density at radius 2 is 1.58 bits per heavy atom. The molecule has 3 atom stereocenters. The van der Waals surface area contributed by atoms with E-state index in [4.69, 9.17) is 14.2 Å². The van der Waals surface area contributed by atoms with Gasteiger partial charge in [-0.2, -0.15) is 4.90 Å². The predicted octanol–water partition coefficient (Wildman–Crippen LogP) is 1.91. The van der Waals surface area contributed by atoms with Gasteiger partial charge in [-0.05, 0) is 32.3 Å². The fourth-order valence-electron chi connectivity index (χ4n) is 5.65. The van der Waals surface area contributed by atoms with E-state index in [1.807, 2.05) is 0 Å². The van der Waals surface area contributed by atoms with Crippen molar-refractivity contribution in [1.29, 1.82) is 0 Å². The van der Waals surface area contributed by atoms with Crippen LogP contribution in [0.15, 0.2) is 36.3 Å². The van der Waals surface area contributed by atoms with Crippen molar-refractivity contribution in [3.8, 4) is 0 Å². The van der Waals surface area contributed by atoms with Gasteiger partial charge in [0.05, 0.1) is 11.7 Å². The largest absolute Gasteiger partial charge is 1.00 e. The van der Waals surface area contributed by atoms with Crippen molar-refractivity contribution in [2.45, 2.75) is 129 Å². The number of aromatic nitrogens is 1. The molecule has 0 spiro atoms. The van der Waals surface area contributed by atoms with Crippen LogP contribution < -0.4 is 33.4 Å². The van der Waals surface area contributed by atoms with Gasteiger partial charge in [-0.15, -0.1) is 0 Å². The van der Waals surface area contributed by atoms with Crippen LogP contribution in [0.3, 0.4) is 0 Å². The number of imide groups is 1. The molecule has 0 bridgehead atoms. The zero-order valence-electron chi connectivity index (χ0n) is 27.4. The normalized spacial score (nSPS) is 19.7. The van der Waals surface area contributed by atoms with Gasteiger partial charge >= 0.3 is 23.9 Å². The van der Waals surface area contributed by atoms with Crippen molar-refractivity contribution in [2.24, 2.45) is 7.05 Å². The molecule has 1 N–H and O–H groups in total. The average molecular weight is 743 g/mol. The number of nitrogens with one attached hydrogen (secondary N) is 1. The summed E-state index contributed by atoms with van der Waals surface area (Å²) in [6, 6.07) is 2.77. The fourth-order valence-corrected chi connectivity index (χ4v) is 5.65. The standard InChI is InChI=1S/C34H52N3O7.HI/c1-4-5-6-7-8-9-10-11-12-13-14-15-16-19-31(38)42-25-29-20-21-30(44-29)36-23-27(2)32(39)37(34(36)41)26-43-33(40)28-18-17-22-35(3)24-28;/h17-18,22-24,29-30H,4-16,19-21,25-26H2,1-3H3;1H/q+1;/t29-,30+;/m0./s1. The molecule has 0 saturated carbocycles. The highest BCUT2D eigenvalue weighted by Gasteiger charge is 2.44. The third kappa shape index (κ3) is 13.5. The number of pyridine rings is 1. The molecule has 45 heavy (non-hydrogen) atoms. The van der Waals surface area contributed by atoms with Crippen LogP contribution in [0.2, 0.25) is 0 Å². The Morgan fingerprint density at radius 3 is 2.20 bits per heavy atom. The Bertz CT molecular complexity index is 1130. The number of unbranched alkanes of at least 4 members (excludes halogenated alkanes) is 12. The summed E-state index contributed by atoms with van der Waals surface area (Å²) >= 11 is 0. The number of nitrogens with zero attached hydrogens (tertiary/aromatic N) is 2. The van der Waals surface area contributed by atoms with Crippen LogP contribution in [0, 0.1) is 0 Å². The third-order valence-electron chi connectivity index (χ3n) is 8.29. The molecule has 1 fully saturated rings. The van der Waals surface area contributed by atoms with Gasteiger partial charge in [0, 0.05) is 18.7 Å². The second kappa shape index (κ2) is 21.4. The fraction of sp³-hybridized carbons (Fsp3) is 0.676. The lowest BCUT2D eigenvalue weighted by Crippen LogP contribution is -3.19. The van der Waals surface area contributed by atoms with Crippen molar-refractivity contribution in [2.75, 3.05) is 13.3 Å². The molecule has 2 aliphatic rings. The Balaban J connectivity index is 0.00000705. The second-order valence-electron chi connectivity index (χ2n) is 12.1. The van der Waals surface area contributed by atoms with Gasteiger partial charge in [-0.25, -0.2) is 23.9 Å². The summed E-state index contributed by atoms with van der Waals surface area (Å²) in [5, 5.41) is 0. The molecule has 1 unspecified atom stereocenters. The molecule has 3 rings (SSSR count). The highest BCUT2D eigenvalue weighted by Crippen LogP contribution is 2.25. The van der Waals surface area contributed by atoms with E-state index < -0.39 is 30.9 Å². The number of halogens is 1. The van der Waals surface area contributed by atoms with E-state index in [2.05, 4.69) is 6.92 Å². The molecule has 1 aromatic heterocycles. The Labute approximate surface area is 285 Å².